The highest BCUT2D eigenvalue weighted by Gasteiger charge is 2.60. The van der Waals surface area contributed by atoms with Crippen LogP contribution in [0.5, 0.6) is 5.75 Å². The van der Waals surface area contributed by atoms with Crippen molar-refractivity contribution >= 4 is 29.0 Å². The van der Waals surface area contributed by atoms with Gasteiger partial charge in [-0.1, -0.05) is 24.3 Å². The number of Topliss-reactive ketones (excluding diaryl/α,β-unsaturated/α-hetero) is 1. The molecule has 4 unspecified atom stereocenters. The number of ketones is 1. The Morgan fingerprint density at radius 3 is 2.43 bits per heavy atom. The fraction of sp³-hybridized carbons (Fsp3) is 0.345. The number of rotatable bonds is 5. The molecule has 1 fully saturated rings. The maximum absolute atomic E-state index is 15.4. The topological polar surface area (TPSA) is 203 Å². The SMILES string of the molecule is NC(=O)C1=C(O)CC2CC3Cc4c(F)cc(NC(=O)CN5Cc6ccccc6C5)c(O)c4C(O)=C3C(=O)C2C1(O)N=O. The van der Waals surface area contributed by atoms with E-state index in [4.69, 9.17) is 5.73 Å². The predicted octanol–water partition coefficient (Wildman–Crippen LogP) is 2.29. The lowest BCUT2D eigenvalue weighted by Gasteiger charge is -2.46. The third-order valence-electron chi connectivity index (χ3n) is 8.79. The van der Waals surface area contributed by atoms with Gasteiger partial charge in [-0.3, -0.25) is 19.3 Å². The minimum absolute atomic E-state index is 0.0140. The molecule has 0 spiro atoms. The van der Waals surface area contributed by atoms with Crippen LogP contribution >= 0.6 is 0 Å². The van der Waals surface area contributed by atoms with Crippen LogP contribution in [0.15, 0.2) is 52.4 Å². The molecule has 2 amide bonds. The number of carbonyl (C=O) groups excluding carboxylic acids is 3. The summed E-state index contributed by atoms with van der Waals surface area (Å²) in [4.78, 5) is 52.2. The van der Waals surface area contributed by atoms with Gasteiger partial charge in [0.05, 0.1) is 23.7 Å². The van der Waals surface area contributed by atoms with Gasteiger partial charge >= 0.3 is 0 Å². The Bertz CT molecular complexity index is 1630. The number of fused-ring (bicyclic) bond motifs is 4. The molecule has 13 heteroatoms. The molecule has 0 saturated heterocycles. The van der Waals surface area contributed by atoms with E-state index in [2.05, 4.69) is 10.5 Å². The number of phenolic OH excluding ortho intramolecular Hbond substituents is 1. The van der Waals surface area contributed by atoms with Gasteiger partial charge in [-0.25, -0.2) is 4.39 Å². The van der Waals surface area contributed by atoms with Gasteiger partial charge in [-0.15, -0.1) is 4.91 Å². The van der Waals surface area contributed by atoms with Crippen molar-refractivity contribution in [1.29, 1.82) is 0 Å². The van der Waals surface area contributed by atoms with Crippen molar-refractivity contribution < 1.29 is 39.2 Å². The van der Waals surface area contributed by atoms with Crippen molar-refractivity contribution in [2.75, 3.05) is 11.9 Å². The van der Waals surface area contributed by atoms with Crippen molar-refractivity contribution in [1.82, 2.24) is 4.90 Å². The quantitative estimate of drug-likeness (QED) is 0.227. The van der Waals surface area contributed by atoms with Crippen LogP contribution in [0.1, 0.15) is 35.1 Å². The number of aliphatic hydroxyl groups is 3. The molecule has 0 radical (unpaired) electrons. The molecule has 0 bridgehead atoms. The minimum atomic E-state index is -2.99. The van der Waals surface area contributed by atoms with Gasteiger partial charge in [0.2, 0.25) is 11.6 Å². The van der Waals surface area contributed by atoms with Crippen LogP contribution in [-0.4, -0.2) is 55.2 Å². The number of primary amides is 1. The number of aliphatic hydroxyl groups excluding tert-OH is 2. The molecule has 1 saturated carbocycles. The van der Waals surface area contributed by atoms with Gasteiger partial charge in [-0.2, -0.15) is 0 Å². The average Bonchev–Trinajstić information content (AvgIpc) is 3.32. The number of halogens is 1. The number of anilines is 1. The third kappa shape index (κ3) is 4.07. The zero-order chi connectivity index (χ0) is 30.1. The molecule has 1 heterocycles. The van der Waals surface area contributed by atoms with Crippen molar-refractivity contribution in [3.05, 3.63) is 80.2 Å². The average molecular weight is 579 g/mol. The fourth-order valence-electron chi connectivity index (χ4n) is 7.07. The van der Waals surface area contributed by atoms with E-state index in [1.165, 1.54) is 0 Å². The van der Waals surface area contributed by atoms with E-state index in [1.54, 1.807) is 0 Å². The van der Waals surface area contributed by atoms with Crippen LogP contribution in [0.4, 0.5) is 10.1 Å². The lowest BCUT2D eigenvalue weighted by molar-refractivity contribution is -0.137. The van der Waals surface area contributed by atoms with E-state index in [9.17, 15) is 39.7 Å². The minimum Gasteiger partial charge on any atom is -0.512 e. The van der Waals surface area contributed by atoms with Gasteiger partial charge < -0.3 is 31.5 Å². The molecule has 218 valence electrons. The third-order valence-corrected chi connectivity index (χ3v) is 8.79. The monoisotopic (exact) mass is 578 g/mol. The van der Waals surface area contributed by atoms with Crippen LogP contribution in [0, 0.1) is 28.5 Å². The first-order valence-electron chi connectivity index (χ1n) is 13.3. The molecule has 2 aromatic rings. The van der Waals surface area contributed by atoms with Crippen molar-refractivity contribution in [2.45, 2.75) is 38.1 Å². The lowest BCUT2D eigenvalue weighted by atomic mass is 9.59. The summed E-state index contributed by atoms with van der Waals surface area (Å²) in [6.45, 7) is 1.03. The molecule has 4 aliphatic rings. The summed E-state index contributed by atoms with van der Waals surface area (Å²) >= 11 is 0. The molecular formula is C29H27FN4O8. The Hall–Kier alpha value is -4.62. The van der Waals surface area contributed by atoms with Crippen LogP contribution < -0.4 is 11.1 Å². The first-order valence-corrected chi connectivity index (χ1v) is 13.3. The Balaban J connectivity index is 1.32. The fourth-order valence-corrected chi connectivity index (χ4v) is 7.07. The zero-order valence-corrected chi connectivity index (χ0v) is 22.1. The summed E-state index contributed by atoms with van der Waals surface area (Å²) in [7, 11) is 0. The molecule has 6 rings (SSSR count). The summed E-state index contributed by atoms with van der Waals surface area (Å²) in [5, 5.41) is 48.8. The summed E-state index contributed by atoms with van der Waals surface area (Å²) in [6, 6.07) is 8.67. The lowest BCUT2D eigenvalue weighted by Crippen LogP contribution is -2.56. The molecular weight excluding hydrogens is 551 g/mol. The zero-order valence-electron chi connectivity index (χ0n) is 22.1. The number of phenols is 1. The molecule has 2 aromatic carbocycles. The maximum atomic E-state index is 15.4. The smallest absolute Gasteiger partial charge is 0.253 e. The second kappa shape index (κ2) is 9.74. The maximum Gasteiger partial charge on any atom is 0.253 e. The summed E-state index contributed by atoms with van der Waals surface area (Å²) in [6.07, 6.45) is -0.395. The number of carbonyl (C=O) groups is 3. The van der Waals surface area contributed by atoms with E-state index in [0.717, 1.165) is 17.2 Å². The van der Waals surface area contributed by atoms with Crippen LogP contribution in [0.3, 0.4) is 0 Å². The van der Waals surface area contributed by atoms with Crippen LogP contribution in [0.2, 0.25) is 0 Å². The Labute approximate surface area is 237 Å². The molecule has 12 nitrogen and oxygen atoms in total. The van der Waals surface area contributed by atoms with E-state index in [0.29, 0.717) is 13.1 Å². The summed E-state index contributed by atoms with van der Waals surface area (Å²) < 4.78 is 15.4. The number of aromatic hydroxyl groups is 1. The Kier molecular flexibility index (Phi) is 6.39. The van der Waals surface area contributed by atoms with Gasteiger partial charge in [0.25, 0.3) is 5.91 Å². The molecule has 4 atom stereocenters. The normalized spacial score (nSPS) is 26.7. The summed E-state index contributed by atoms with van der Waals surface area (Å²) in [5.74, 6) is -9.11. The van der Waals surface area contributed by atoms with Crippen molar-refractivity contribution in [3.63, 3.8) is 0 Å². The first-order chi connectivity index (χ1) is 19.9. The number of benzene rings is 2. The highest BCUT2D eigenvalue weighted by atomic mass is 19.1. The molecule has 7 N–H and O–H groups in total. The van der Waals surface area contributed by atoms with Gasteiger partial charge in [0.1, 0.15) is 22.9 Å². The van der Waals surface area contributed by atoms with E-state index in [-0.39, 0.29) is 42.6 Å². The number of hydrogen-bond acceptors (Lipinski definition) is 10. The largest absolute Gasteiger partial charge is 0.512 e. The van der Waals surface area contributed by atoms with Crippen molar-refractivity contribution in [2.24, 2.45) is 28.7 Å². The van der Waals surface area contributed by atoms with E-state index in [1.807, 2.05) is 29.2 Å². The van der Waals surface area contributed by atoms with Crippen LogP contribution in [0.25, 0.3) is 5.76 Å². The standard InChI is InChI=1S/C29H27FN4O8/c30-17-8-18(32-20(36)11-34-9-12-3-1-2-4-13(12)10-34)25(37)22-16(17)6-14-5-15-7-19(35)24(28(31)40)29(41,33-42)23(15)27(39)21(14)26(22)38/h1-4,8,14-15,23,35,37-38,41H,5-7,9-11H2,(H2,31,40)(H,32,36). The number of hydrogen-bond donors (Lipinski definition) is 6. The van der Waals surface area contributed by atoms with Crippen LogP contribution in [-0.2, 0) is 33.9 Å². The molecule has 1 aliphatic heterocycles. The molecule has 0 aromatic heterocycles. The first kappa shape index (κ1) is 27.5. The number of allylic oxidation sites excluding steroid dienone is 2. The molecule has 3 aliphatic carbocycles. The van der Waals surface area contributed by atoms with E-state index < -0.39 is 75.3 Å². The Morgan fingerprint density at radius 2 is 1.81 bits per heavy atom. The highest BCUT2D eigenvalue weighted by molar-refractivity contribution is 6.08. The predicted molar refractivity (Wildman–Crippen MR) is 145 cm³/mol. The number of nitroso groups, excluding NO2 is 1. The molecule has 42 heavy (non-hydrogen) atoms. The number of amides is 2. The second-order valence-electron chi connectivity index (χ2n) is 11.3. The highest BCUT2D eigenvalue weighted by Crippen LogP contribution is 2.54. The number of nitrogens with two attached hydrogens (primary N) is 1. The van der Waals surface area contributed by atoms with E-state index >= 15 is 4.39 Å². The summed E-state index contributed by atoms with van der Waals surface area (Å²) in [5.41, 5.74) is 2.45. The van der Waals surface area contributed by atoms with Gasteiger partial charge in [0, 0.05) is 36.7 Å². The number of nitrogens with one attached hydrogen (secondary N) is 1. The number of nitrogens with zero attached hydrogens (tertiary/aromatic N) is 2. The van der Waals surface area contributed by atoms with Gasteiger partial charge in [-0.05, 0) is 41.0 Å². The van der Waals surface area contributed by atoms with Gasteiger partial charge in [0.15, 0.2) is 11.5 Å². The van der Waals surface area contributed by atoms with Crippen molar-refractivity contribution in [3.8, 4) is 5.75 Å². The Morgan fingerprint density at radius 1 is 1.14 bits per heavy atom. The second-order valence-corrected chi connectivity index (χ2v) is 11.3.